The van der Waals surface area contributed by atoms with Crippen LogP contribution < -0.4 is 5.32 Å². The molecule has 2 aromatic carbocycles. The lowest BCUT2D eigenvalue weighted by Crippen LogP contribution is -2.30. The summed E-state index contributed by atoms with van der Waals surface area (Å²) >= 11 is 5.05. The standard InChI is InChI=1S/C16H13NO2S/c18-14(12-7-3-1-4-8-12)11-15(20)17-16(19)13-9-5-2-6-10-13/h1-10H,11H2,(H,17,19,20). The Balaban J connectivity index is 1.93. The third-order valence-electron chi connectivity index (χ3n) is 2.71. The maximum atomic E-state index is 11.9. The molecule has 20 heavy (non-hydrogen) atoms. The highest BCUT2D eigenvalue weighted by Gasteiger charge is 2.12. The van der Waals surface area contributed by atoms with Gasteiger partial charge in [0.05, 0.1) is 11.4 Å². The molecule has 0 saturated heterocycles. The van der Waals surface area contributed by atoms with Crippen LogP contribution in [0.15, 0.2) is 60.7 Å². The lowest BCUT2D eigenvalue weighted by atomic mass is 10.1. The van der Waals surface area contributed by atoms with E-state index in [1.807, 2.05) is 12.1 Å². The molecule has 0 fully saturated rings. The van der Waals surface area contributed by atoms with Gasteiger partial charge in [-0.25, -0.2) is 0 Å². The quantitative estimate of drug-likeness (QED) is 0.693. The van der Waals surface area contributed by atoms with Crippen LogP contribution in [-0.2, 0) is 0 Å². The minimum absolute atomic E-state index is 0.0257. The SMILES string of the molecule is O=C(CC(=S)NC(=O)c1ccccc1)c1ccccc1. The fraction of sp³-hybridized carbons (Fsp3) is 0.0625. The molecule has 0 atom stereocenters. The van der Waals surface area contributed by atoms with Crippen molar-refractivity contribution in [2.45, 2.75) is 6.42 Å². The first-order valence-electron chi connectivity index (χ1n) is 6.14. The summed E-state index contributed by atoms with van der Waals surface area (Å²) in [5.41, 5.74) is 1.10. The molecule has 0 heterocycles. The van der Waals surface area contributed by atoms with Crippen molar-refractivity contribution in [3.63, 3.8) is 0 Å². The van der Waals surface area contributed by atoms with Gasteiger partial charge in [-0.1, -0.05) is 60.7 Å². The predicted molar refractivity (Wildman–Crippen MR) is 81.9 cm³/mol. The van der Waals surface area contributed by atoms with E-state index in [0.717, 1.165) is 0 Å². The molecular weight excluding hydrogens is 270 g/mol. The zero-order chi connectivity index (χ0) is 14.4. The van der Waals surface area contributed by atoms with E-state index in [2.05, 4.69) is 5.32 Å². The van der Waals surface area contributed by atoms with E-state index in [9.17, 15) is 9.59 Å². The lowest BCUT2D eigenvalue weighted by molar-refractivity contribution is 0.0976. The highest BCUT2D eigenvalue weighted by Crippen LogP contribution is 2.04. The maximum Gasteiger partial charge on any atom is 0.256 e. The lowest BCUT2D eigenvalue weighted by Gasteiger charge is -2.06. The van der Waals surface area contributed by atoms with E-state index in [-0.39, 0.29) is 23.1 Å². The number of ketones is 1. The van der Waals surface area contributed by atoms with Gasteiger partial charge in [0.25, 0.3) is 5.91 Å². The number of rotatable bonds is 4. The van der Waals surface area contributed by atoms with Crippen LogP contribution in [0.1, 0.15) is 27.1 Å². The van der Waals surface area contributed by atoms with Gasteiger partial charge in [-0.3, -0.25) is 9.59 Å². The van der Waals surface area contributed by atoms with E-state index in [1.165, 1.54) is 0 Å². The minimum Gasteiger partial charge on any atom is -0.316 e. The number of hydrogen-bond donors (Lipinski definition) is 1. The molecule has 0 saturated carbocycles. The largest absolute Gasteiger partial charge is 0.316 e. The molecule has 2 aromatic rings. The Morgan fingerprint density at radius 1 is 0.850 bits per heavy atom. The van der Waals surface area contributed by atoms with Gasteiger partial charge in [-0.15, -0.1) is 0 Å². The van der Waals surface area contributed by atoms with Gasteiger partial charge in [-0.05, 0) is 12.1 Å². The van der Waals surface area contributed by atoms with Gasteiger partial charge in [0, 0.05) is 11.1 Å². The molecule has 100 valence electrons. The number of benzene rings is 2. The predicted octanol–water partition coefficient (Wildman–Crippen LogP) is 3.02. The van der Waals surface area contributed by atoms with Crippen molar-refractivity contribution in [2.75, 3.05) is 0 Å². The monoisotopic (exact) mass is 283 g/mol. The van der Waals surface area contributed by atoms with Gasteiger partial charge >= 0.3 is 0 Å². The van der Waals surface area contributed by atoms with Gasteiger partial charge in [0.2, 0.25) is 0 Å². The summed E-state index contributed by atoms with van der Waals surface area (Å²) in [5, 5.41) is 2.57. The Kier molecular flexibility index (Phi) is 4.74. The van der Waals surface area contributed by atoms with Crippen molar-refractivity contribution in [1.82, 2.24) is 5.32 Å². The average Bonchev–Trinajstić information content (AvgIpc) is 2.49. The maximum absolute atomic E-state index is 11.9. The molecule has 2 rings (SSSR count). The van der Waals surface area contributed by atoms with Crippen LogP contribution in [0.3, 0.4) is 0 Å². The van der Waals surface area contributed by atoms with E-state index in [0.29, 0.717) is 11.1 Å². The summed E-state index contributed by atoms with van der Waals surface area (Å²) in [6.07, 6.45) is 0.0257. The van der Waals surface area contributed by atoms with Crippen LogP contribution in [0.25, 0.3) is 0 Å². The second-order valence-corrected chi connectivity index (χ2v) is 4.70. The van der Waals surface area contributed by atoms with E-state index in [4.69, 9.17) is 12.2 Å². The van der Waals surface area contributed by atoms with Crippen molar-refractivity contribution in [1.29, 1.82) is 0 Å². The fourth-order valence-electron chi connectivity index (χ4n) is 1.70. The van der Waals surface area contributed by atoms with Crippen molar-refractivity contribution < 1.29 is 9.59 Å². The number of hydrogen-bond acceptors (Lipinski definition) is 3. The number of thiocarbonyl (C=S) groups is 1. The topological polar surface area (TPSA) is 46.2 Å². The Bertz CT molecular complexity index is 568. The Labute approximate surface area is 122 Å². The van der Waals surface area contributed by atoms with Gasteiger partial charge in [0.15, 0.2) is 5.78 Å². The normalized spacial score (nSPS) is 9.80. The molecule has 1 N–H and O–H groups in total. The average molecular weight is 283 g/mol. The molecule has 0 unspecified atom stereocenters. The fourth-order valence-corrected chi connectivity index (χ4v) is 1.93. The van der Waals surface area contributed by atoms with E-state index >= 15 is 0 Å². The molecule has 4 heteroatoms. The summed E-state index contributed by atoms with van der Waals surface area (Å²) in [6.45, 7) is 0. The van der Waals surface area contributed by atoms with Crippen molar-refractivity contribution >= 4 is 28.9 Å². The molecule has 0 aliphatic heterocycles. The first-order valence-corrected chi connectivity index (χ1v) is 6.55. The Hall–Kier alpha value is -2.33. The van der Waals surface area contributed by atoms with Crippen LogP contribution in [0.2, 0.25) is 0 Å². The van der Waals surface area contributed by atoms with Gasteiger partial charge in [0.1, 0.15) is 0 Å². The van der Waals surface area contributed by atoms with Gasteiger partial charge < -0.3 is 5.32 Å². The van der Waals surface area contributed by atoms with Crippen LogP contribution in [-0.4, -0.2) is 16.7 Å². The zero-order valence-corrected chi connectivity index (χ0v) is 11.5. The summed E-state index contributed by atoms with van der Waals surface area (Å²) in [7, 11) is 0. The van der Waals surface area contributed by atoms with Gasteiger partial charge in [-0.2, -0.15) is 0 Å². The summed E-state index contributed by atoms with van der Waals surface area (Å²) in [6, 6.07) is 17.6. The van der Waals surface area contributed by atoms with Crippen LogP contribution in [0.4, 0.5) is 0 Å². The van der Waals surface area contributed by atoms with E-state index < -0.39 is 0 Å². The minimum atomic E-state index is -0.295. The van der Waals surface area contributed by atoms with Crippen molar-refractivity contribution in [3.05, 3.63) is 71.8 Å². The smallest absolute Gasteiger partial charge is 0.256 e. The molecule has 1 amide bonds. The van der Waals surface area contributed by atoms with Crippen LogP contribution in [0, 0.1) is 0 Å². The second kappa shape index (κ2) is 6.73. The Morgan fingerprint density at radius 3 is 1.90 bits per heavy atom. The summed E-state index contributed by atoms with van der Waals surface area (Å²) in [4.78, 5) is 24.0. The Morgan fingerprint density at radius 2 is 1.35 bits per heavy atom. The zero-order valence-electron chi connectivity index (χ0n) is 10.7. The molecule has 0 radical (unpaired) electrons. The van der Waals surface area contributed by atoms with Crippen LogP contribution in [0.5, 0.6) is 0 Å². The summed E-state index contributed by atoms with van der Waals surface area (Å²) in [5.74, 6) is -0.402. The molecule has 3 nitrogen and oxygen atoms in total. The highest BCUT2D eigenvalue weighted by atomic mass is 32.1. The molecule has 0 aromatic heterocycles. The summed E-state index contributed by atoms with van der Waals surface area (Å²) < 4.78 is 0. The van der Waals surface area contributed by atoms with E-state index in [1.54, 1.807) is 48.5 Å². The molecule has 0 bridgehead atoms. The second-order valence-electron chi connectivity index (χ2n) is 4.21. The molecule has 0 spiro atoms. The van der Waals surface area contributed by atoms with Crippen LogP contribution >= 0.6 is 12.2 Å². The third kappa shape index (κ3) is 3.83. The number of nitrogens with one attached hydrogen (secondary N) is 1. The molecule has 0 aliphatic carbocycles. The van der Waals surface area contributed by atoms with Crippen molar-refractivity contribution in [3.8, 4) is 0 Å². The first kappa shape index (κ1) is 14.1. The molecular formula is C16H13NO2S. The molecule has 0 aliphatic rings. The first-order chi connectivity index (χ1) is 9.66. The number of Topliss-reactive ketones (excluding diaryl/α,β-unsaturated/α-hetero) is 1. The third-order valence-corrected chi connectivity index (χ3v) is 2.95. The number of carbonyl (C=O) groups is 2. The highest BCUT2D eigenvalue weighted by molar-refractivity contribution is 7.80. The number of amides is 1. The number of carbonyl (C=O) groups excluding carboxylic acids is 2. The van der Waals surface area contributed by atoms with Crippen molar-refractivity contribution in [2.24, 2.45) is 0 Å².